The number of unbranched alkanes of at least 4 members (excludes halogenated alkanes) is 1. The van der Waals surface area contributed by atoms with Crippen molar-refractivity contribution in [2.24, 2.45) is 16.5 Å². The third-order valence-electron chi connectivity index (χ3n) is 6.09. The molecule has 4 aromatic rings. The monoisotopic (exact) mass is 574 g/mol. The largest absolute Gasteiger partial charge is 0.382 e. The van der Waals surface area contributed by atoms with Crippen molar-refractivity contribution in [1.82, 2.24) is 19.9 Å². The van der Waals surface area contributed by atoms with Crippen molar-refractivity contribution in [3.63, 3.8) is 0 Å². The van der Waals surface area contributed by atoms with Gasteiger partial charge in [-0.1, -0.05) is 43.7 Å². The number of pyridine rings is 1. The van der Waals surface area contributed by atoms with Crippen LogP contribution in [0.3, 0.4) is 0 Å². The summed E-state index contributed by atoms with van der Waals surface area (Å²) in [6.45, 7) is 4.46. The zero-order chi connectivity index (χ0) is 26.2. The number of hydrogen-bond donors (Lipinski definition) is 4. The quantitative estimate of drug-likeness (QED) is 0.114. The molecule has 7 N–H and O–H groups in total. The molecule has 2 aromatic heterocycles. The molecule has 2 heterocycles. The van der Waals surface area contributed by atoms with E-state index in [0.717, 1.165) is 52.6 Å². The highest BCUT2D eigenvalue weighted by atomic mass is 35.5. The first-order chi connectivity index (χ1) is 18.0. The summed E-state index contributed by atoms with van der Waals surface area (Å²) in [4.78, 5) is 25.8. The van der Waals surface area contributed by atoms with Crippen molar-refractivity contribution >= 4 is 64.4 Å². The first-order valence-corrected chi connectivity index (χ1v) is 12.5. The van der Waals surface area contributed by atoms with Gasteiger partial charge in [-0.25, -0.2) is 15.0 Å². The smallest absolute Gasteiger partial charge is 0.251 e. The highest BCUT2D eigenvalue weighted by Crippen LogP contribution is 2.29. The van der Waals surface area contributed by atoms with E-state index in [1.165, 1.54) is 0 Å². The fourth-order valence-corrected chi connectivity index (χ4v) is 4.21. The molecule has 0 unspecified atom stereocenters. The zero-order valence-corrected chi connectivity index (χ0v) is 23.6. The molecule has 10 nitrogen and oxygen atoms in total. The van der Waals surface area contributed by atoms with Gasteiger partial charge in [0.1, 0.15) is 11.3 Å². The standard InChI is InChI=1S/C27H34N8O2.2ClH/c1-2-3-8-22-34-23-24(20-6-4-5-7-21(20)33-25(23)28)35(22)14-16-37-15-13-31-26(36)19-11-9-18(10-12-19)17-32-27(29)30;;/h4-7,9-12H,2-3,8,13-17H2,1H3,(H2,28,33)(H,31,36)(H4,29,30,32);2*1H. The lowest BCUT2D eigenvalue weighted by atomic mass is 10.1. The number of amides is 1. The average Bonchev–Trinajstić information content (AvgIpc) is 3.27. The van der Waals surface area contributed by atoms with E-state index in [1.807, 2.05) is 30.3 Å². The third kappa shape index (κ3) is 7.95. The van der Waals surface area contributed by atoms with E-state index in [-0.39, 0.29) is 36.7 Å². The molecule has 0 bridgehead atoms. The number of ether oxygens (including phenoxy) is 1. The van der Waals surface area contributed by atoms with Crippen LogP contribution >= 0.6 is 24.8 Å². The summed E-state index contributed by atoms with van der Waals surface area (Å²) in [7, 11) is 0. The Hall–Kier alpha value is -3.60. The minimum absolute atomic E-state index is 0. The highest BCUT2D eigenvalue weighted by Gasteiger charge is 2.17. The van der Waals surface area contributed by atoms with Gasteiger partial charge < -0.3 is 31.8 Å². The minimum atomic E-state index is -0.158. The molecule has 0 spiro atoms. The number of anilines is 1. The summed E-state index contributed by atoms with van der Waals surface area (Å²) < 4.78 is 8.07. The Balaban J connectivity index is 0.00000267. The fraction of sp³-hybridized carbons (Fsp3) is 0.333. The summed E-state index contributed by atoms with van der Waals surface area (Å²) in [5, 5.41) is 3.91. The van der Waals surface area contributed by atoms with Crippen LogP contribution in [-0.4, -0.2) is 46.2 Å². The maximum absolute atomic E-state index is 12.4. The molecular formula is C27H36Cl2N8O2. The number of halogens is 2. The molecule has 0 saturated carbocycles. The van der Waals surface area contributed by atoms with Gasteiger partial charge in [0.05, 0.1) is 30.8 Å². The van der Waals surface area contributed by atoms with Crippen LogP contribution < -0.4 is 22.5 Å². The lowest BCUT2D eigenvalue weighted by molar-refractivity contribution is 0.0908. The summed E-state index contributed by atoms with van der Waals surface area (Å²) >= 11 is 0. The number of nitrogen functional groups attached to an aromatic ring is 1. The highest BCUT2D eigenvalue weighted by molar-refractivity contribution is 6.06. The first kappa shape index (κ1) is 31.6. The Morgan fingerprint density at radius 1 is 1.05 bits per heavy atom. The number of nitrogens with zero attached hydrogens (tertiary/aromatic N) is 4. The van der Waals surface area contributed by atoms with Gasteiger partial charge in [0, 0.05) is 30.5 Å². The Morgan fingerprint density at radius 3 is 2.51 bits per heavy atom. The van der Waals surface area contributed by atoms with Crippen molar-refractivity contribution < 1.29 is 9.53 Å². The lowest BCUT2D eigenvalue weighted by Gasteiger charge is -2.12. The number of carbonyl (C=O) groups is 1. The molecule has 2 aromatic carbocycles. The van der Waals surface area contributed by atoms with Crippen molar-refractivity contribution in [2.75, 3.05) is 25.5 Å². The predicted molar refractivity (Wildman–Crippen MR) is 162 cm³/mol. The minimum Gasteiger partial charge on any atom is -0.382 e. The van der Waals surface area contributed by atoms with Gasteiger partial charge in [-0.15, -0.1) is 24.8 Å². The van der Waals surface area contributed by atoms with Crippen LogP contribution in [0.25, 0.3) is 21.9 Å². The Morgan fingerprint density at radius 2 is 1.79 bits per heavy atom. The number of aromatic nitrogens is 3. The molecule has 0 aliphatic carbocycles. The molecule has 12 heteroatoms. The number of benzene rings is 2. The molecule has 1 amide bonds. The van der Waals surface area contributed by atoms with Gasteiger partial charge >= 0.3 is 0 Å². The van der Waals surface area contributed by atoms with Gasteiger partial charge in [-0.3, -0.25) is 4.79 Å². The SMILES string of the molecule is CCCCc1nc2c(N)nc3ccccc3c2n1CCOCCNC(=O)c1ccc(CN=C(N)N)cc1.Cl.Cl. The van der Waals surface area contributed by atoms with E-state index in [4.69, 9.17) is 26.9 Å². The summed E-state index contributed by atoms with van der Waals surface area (Å²) in [6.07, 6.45) is 2.98. The van der Waals surface area contributed by atoms with E-state index >= 15 is 0 Å². The molecule has 0 fully saturated rings. The number of carbonyl (C=O) groups excluding carboxylic acids is 1. The van der Waals surface area contributed by atoms with Crippen molar-refractivity contribution in [3.8, 4) is 0 Å². The molecule has 4 rings (SSSR count). The van der Waals surface area contributed by atoms with Crippen LogP contribution in [0.1, 0.15) is 41.5 Å². The Kier molecular flexibility index (Phi) is 12.2. The summed E-state index contributed by atoms with van der Waals surface area (Å²) in [5.74, 6) is 1.31. The number of aliphatic imine (C=N–C) groups is 1. The Labute approximate surface area is 240 Å². The van der Waals surface area contributed by atoms with Gasteiger partial charge in [0.2, 0.25) is 0 Å². The maximum atomic E-state index is 12.4. The number of hydrogen-bond acceptors (Lipinski definition) is 6. The second-order valence-corrected chi connectivity index (χ2v) is 8.80. The molecule has 0 atom stereocenters. The molecular weight excluding hydrogens is 539 g/mol. The second kappa shape index (κ2) is 15.1. The number of guanidine groups is 1. The summed E-state index contributed by atoms with van der Waals surface area (Å²) in [6, 6.07) is 15.1. The zero-order valence-electron chi connectivity index (χ0n) is 21.9. The number of imidazole rings is 1. The number of nitrogens with two attached hydrogens (primary N) is 3. The molecule has 0 radical (unpaired) electrons. The van der Waals surface area contributed by atoms with Gasteiger partial charge in [0.25, 0.3) is 5.91 Å². The molecule has 0 aliphatic rings. The van der Waals surface area contributed by atoms with Gasteiger partial charge in [-0.05, 0) is 30.2 Å². The van der Waals surface area contributed by atoms with E-state index in [2.05, 4.69) is 32.9 Å². The van der Waals surface area contributed by atoms with E-state index in [0.29, 0.717) is 44.2 Å². The van der Waals surface area contributed by atoms with Crippen LogP contribution in [-0.2, 0) is 24.2 Å². The van der Waals surface area contributed by atoms with Gasteiger partial charge in [-0.2, -0.15) is 0 Å². The van der Waals surface area contributed by atoms with Gasteiger partial charge in [0.15, 0.2) is 11.8 Å². The maximum Gasteiger partial charge on any atom is 0.251 e. The van der Waals surface area contributed by atoms with Crippen molar-refractivity contribution in [3.05, 3.63) is 65.5 Å². The van der Waals surface area contributed by atoms with Crippen LogP contribution in [0.2, 0.25) is 0 Å². The van der Waals surface area contributed by atoms with Crippen LogP contribution in [0.5, 0.6) is 0 Å². The number of fused-ring (bicyclic) bond motifs is 3. The third-order valence-corrected chi connectivity index (χ3v) is 6.09. The second-order valence-electron chi connectivity index (χ2n) is 8.80. The number of aryl methyl sites for hydroxylation is 1. The normalized spacial score (nSPS) is 10.6. The molecule has 210 valence electrons. The molecule has 0 saturated heterocycles. The Bertz CT molecular complexity index is 1400. The fourth-order valence-electron chi connectivity index (χ4n) is 4.21. The lowest BCUT2D eigenvalue weighted by Crippen LogP contribution is -2.27. The number of nitrogens with one attached hydrogen (secondary N) is 1. The van der Waals surface area contributed by atoms with Crippen LogP contribution in [0.15, 0.2) is 53.5 Å². The number of rotatable bonds is 12. The van der Waals surface area contributed by atoms with Crippen molar-refractivity contribution in [1.29, 1.82) is 0 Å². The molecule has 0 aliphatic heterocycles. The first-order valence-electron chi connectivity index (χ1n) is 12.5. The van der Waals surface area contributed by atoms with E-state index in [1.54, 1.807) is 12.1 Å². The number of para-hydroxylation sites is 1. The van der Waals surface area contributed by atoms with E-state index < -0.39 is 0 Å². The van der Waals surface area contributed by atoms with Crippen molar-refractivity contribution in [2.45, 2.75) is 39.3 Å². The molecule has 39 heavy (non-hydrogen) atoms. The topological polar surface area (TPSA) is 159 Å². The van der Waals surface area contributed by atoms with Crippen LogP contribution in [0, 0.1) is 0 Å². The average molecular weight is 576 g/mol. The van der Waals surface area contributed by atoms with Crippen LogP contribution in [0.4, 0.5) is 5.82 Å². The summed E-state index contributed by atoms with van der Waals surface area (Å²) in [5.41, 5.74) is 21.0. The van der Waals surface area contributed by atoms with E-state index in [9.17, 15) is 4.79 Å². The predicted octanol–water partition coefficient (Wildman–Crippen LogP) is 3.57.